The van der Waals surface area contributed by atoms with E-state index in [1.165, 1.54) is 6.20 Å². The van der Waals surface area contributed by atoms with Gasteiger partial charge in [0.25, 0.3) is 0 Å². The minimum atomic E-state index is -0.379. The van der Waals surface area contributed by atoms with Crippen LogP contribution in [0, 0.1) is 0 Å². The predicted octanol–water partition coefficient (Wildman–Crippen LogP) is 0.840. The summed E-state index contributed by atoms with van der Waals surface area (Å²) in [5.41, 5.74) is 1.07. The Bertz CT molecular complexity index is 522. The second-order valence-electron chi connectivity index (χ2n) is 2.90. The third-order valence-corrected chi connectivity index (χ3v) is 1.93. The van der Waals surface area contributed by atoms with E-state index in [0.29, 0.717) is 11.4 Å². The molecule has 0 aliphatic carbocycles. The molecule has 2 aromatic heterocycles. The average molecular weight is 203 g/mol. The lowest BCUT2D eigenvalue weighted by Gasteiger charge is -2.02. The van der Waals surface area contributed by atoms with Crippen molar-refractivity contribution in [2.75, 3.05) is 7.11 Å². The normalized spacial score (nSPS) is 9.93. The van der Waals surface area contributed by atoms with Gasteiger partial charge in [-0.25, -0.2) is 9.78 Å². The fraction of sp³-hybridized carbons (Fsp3) is 0.100. The molecular formula is C10H9N3O2. The van der Waals surface area contributed by atoms with E-state index in [0.717, 1.165) is 5.56 Å². The van der Waals surface area contributed by atoms with Gasteiger partial charge in [-0.05, 0) is 12.1 Å². The lowest BCUT2D eigenvalue weighted by atomic mass is 10.2. The molecule has 0 radical (unpaired) electrons. The molecule has 2 rings (SSSR count). The van der Waals surface area contributed by atoms with Crippen molar-refractivity contribution in [1.29, 1.82) is 0 Å². The van der Waals surface area contributed by atoms with Crippen LogP contribution in [0.25, 0.3) is 11.3 Å². The van der Waals surface area contributed by atoms with Crippen molar-refractivity contribution in [2.45, 2.75) is 0 Å². The van der Waals surface area contributed by atoms with E-state index in [1.807, 2.05) is 0 Å². The molecule has 0 aliphatic rings. The minimum absolute atomic E-state index is 0.379. The van der Waals surface area contributed by atoms with E-state index in [9.17, 15) is 4.79 Å². The maximum absolute atomic E-state index is 11.0. The molecule has 0 saturated heterocycles. The van der Waals surface area contributed by atoms with Crippen LogP contribution in [0.15, 0.2) is 35.5 Å². The number of rotatable bonds is 2. The number of methoxy groups -OCH3 is 1. The molecule has 2 heterocycles. The zero-order valence-electron chi connectivity index (χ0n) is 8.10. The molecule has 0 bridgehead atoms. The van der Waals surface area contributed by atoms with Gasteiger partial charge in [-0.1, -0.05) is 0 Å². The fourth-order valence-electron chi connectivity index (χ4n) is 1.21. The van der Waals surface area contributed by atoms with E-state index in [-0.39, 0.29) is 5.69 Å². The summed E-state index contributed by atoms with van der Waals surface area (Å²) in [4.78, 5) is 21.2. The van der Waals surface area contributed by atoms with Gasteiger partial charge in [-0.15, -0.1) is 0 Å². The number of H-pyrrole nitrogens is 1. The van der Waals surface area contributed by atoms with E-state index in [4.69, 9.17) is 4.74 Å². The molecule has 76 valence electrons. The molecule has 0 saturated carbocycles. The molecule has 0 aliphatic heterocycles. The van der Waals surface area contributed by atoms with Crippen LogP contribution in [0.1, 0.15) is 0 Å². The zero-order valence-corrected chi connectivity index (χ0v) is 8.10. The molecule has 5 nitrogen and oxygen atoms in total. The van der Waals surface area contributed by atoms with Gasteiger partial charge in [0.05, 0.1) is 19.0 Å². The predicted molar refractivity (Wildman–Crippen MR) is 54.6 cm³/mol. The number of hydrogen-bond donors (Lipinski definition) is 1. The van der Waals surface area contributed by atoms with Gasteiger partial charge in [0.1, 0.15) is 5.75 Å². The van der Waals surface area contributed by atoms with Gasteiger partial charge in [0, 0.05) is 18.0 Å². The monoisotopic (exact) mass is 203 g/mol. The summed E-state index contributed by atoms with van der Waals surface area (Å²) in [6, 6.07) is 3.50. The van der Waals surface area contributed by atoms with E-state index < -0.39 is 0 Å². The third kappa shape index (κ3) is 2.01. The summed E-state index contributed by atoms with van der Waals surface area (Å²) >= 11 is 0. The van der Waals surface area contributed by atoms with Crippen LogP contribution in [0.4, 0.5) is 0 Å². The van der Waals surface area contributed by atoms with Crippen LogP contribution in [0.2, 0.25) is 0 Å². The number of pyridine rings is 1. The average Bonchev–Trinajstić information content (AvgIpc) is 2.29. The largest absolute Gasteiger partial charge is 0.495 e. The molecule has 0 aromatic carbocycles. The first-order valence-corrected chi connectivity index (χ1v) is 4.34. The van der Waals surface area contributed by atoms with Gasteiger partial charge in [0.2, 0.25) is 0 Å². The van der Waals surface area contributed by atoms with Crippen molar-refractivity contribution in [3.05, 3.63) is 41.2 Å². The molecule has 2 aromatic rings. The highest BCUT2D eigenvalue weighted by Crippen LogP contribution is 2.18. The zero-order chi connectivity index (χ0) is 10.7. The van der Waals surface area contributed by atoms with Crippen LogP contribution in [-0.4, -0.2) is 22.1 Å². The number of aromatic amines is 1. The minimum Gasteiger partial charge on any atom is -0.495 e. The highest BCUT2D eigenvalue weighted by molar-refractivity contribution is 5.58. The quantitative estimate of drug-likeness (QED) is 0.785. The van der Waals surface area contributed by atoms with Crippen molar-refractivity contribution in [1.82, 2.24) is 15.0 Å². The van der Waals surface area contributed by atoms with Gasteiger partial charge in [-0.2, -0.15) is 0 Å². The summed E-state index contributed by atoms with van der Waals surface area (Å²) in [6.07, 6.45) is 4.70. The topological polar surface area (TPSA) is 67.9 Å². The van der Waals surface area contributed by atoms with Crippen molar-refractivity contribution in [2.24, 2.45) is 0 Å². The first-order chi connectivity index (χ1) is 7.29. The molecule has 0 spiro atoms. The van der Waals surface area contributed by atoms with Crippen LogP contribution in [0.5, 0.6) is 5.75 Å². The molecule has 0 fully saturated rings. The van der Waals surface area contributed by atoms with Crippen molar-refractivity contribution >= 4 is 0 Å². The molecule has 0 amide bonds. The smallest absolute Gasteiger partial charge is 0.345 e. The van der Waals surface area contributed by atoms with Crippen LogP contribution in [0.3, 0.4) is 0 Å². The van der Waals surface area contributed by atoms with Crippen LogP contribution < -0.4 is 10.4 Å². The van der Waals surface area contributed by atoms with E-state index >= 15 is 0 Å². The van der Waals surface area contributed by atoms with Crippen molar-refractivity contribution in [3.8, 4) is 17.0 Å². The fourth-order valence-corrected chi connectivity index (χ4v) is 1.21. The Balaban J connectivity index is 2.49. The number of nitrogens with one attached hydrogen (secondary N) is 1. The Hall–Kier alpha value is -2.17. The Labute approximate surface area is 85.8 Å². The summed E-state index contributed by atoms with van der Waals surface area (Å²) in [5.74, 6) is 0.644. The second-order valence-corrected chi connectivity index (χ2v) is 2.90. The SMILES string of the molecule is COc1cncc(-c2ccnc(=O)[nH]2)c1. The standard InChI is InChI=1S/C10H9N3O2/c1-15-8-4-7(5-11-6-8)9-2-3-12-10(14)13-9/h2-6H,1H3,(H,12,13,14). The molecule has 15 heavy (non-hydrogen) atoms. The first-order valence-electron chi connectivity index (χ1n) is 4.34. The highest BCUT2D eigenvalue weighted by Gasteiger charge is 2.00. The molecule has 0 atom stereocenters. The molecule has 0 unspecified atom stereocenters. The van der Waals surface area contributed by atoms with E-state index in [2.05, 4.69) is 15.0 Å². The number of ether oxygens (including phenoxy) is 1. The molecular weight excluding hydrogens is 194 g/mol. The number of hydrogen-bond acceptors (Lipinski definition) is 4. The van der Waals surface area contributed by atoms with Gasteiger partial charge in [-0.3, -0.25) is 4.98 Å². The Kier molecular flexibility index (Phi) is 2.45. The maximum Gasteiger partial charge on any atom is 0.345 e. The Morgan fingerprint density at radius 3 is 3.00 bits per heavy atom. The van der Waals surface area contributed by atoms with Crippen molar-refractivity contribution in [3.63, 3.8) is 0 Å². The lowest BCUT2D eigenvalue weighted by molar-refractivity contribution is 0.413. The van der Waals surface area contributed by atoms with Gasteiger partial charge in [0.15, 0.2) is 0 Å². The highest BCUT2D eigenvalue weighted by atomic mass is 16.5. The Morgan fingerprint density at radius 2 is 2.27 bits per heavy atom. The number of aromatic nitrogens is 3. The number of nitrogens with zero attached hydrogens (tertiary/aromatic N) is 2. The molecule has 5 heteroatoms. The first kappa shape index (κ1) is 9.39. The van der Waals surface area contributed by atoms with Crippen LogP contribution in [-0.2, 0) is 0 Å². The summed E-state index contributed by atoms with van der Waals surface area (Å²) in [6.45, 7) is 0. The summed E-state index contributed by atoms with van der Waals surface area (Å²) < 4.78 is 5.04. The van der Waals surface area contributed by atoms with Gasteiger partial charge < -0.3 is 9.72 Å². The third-order valence-electron chi connectivity index (χ3n) is 1.93. The second kappa shape index (κ2) is 3.91. The Morgan fingerprint density at radius 1 is 1.40 bits per heavy atom. The lowest BCUT2D eigenvalue weighted by Crippen LogP contribution is -2.09. The summed E-state index contributed by atoms with van der Waals surface area (Å²) in [7, 11) is 1.57. The van der Waals surface area contributed by atoms with Crippen LogP contribution >= 0.6 is 0 Å². The molecule has 1 N–H and O–H groups in total. The van der Waals surface area contributed by atoms with Gasteiger partial charge >= 0.3 is 5.69 Å². The van der Waals surface area contributed by atoms with E-state index in [1.54, 1.807) is 31.6 Å². The summed E-state index contributed by atoms with van der Waals surface area (Å²) in [5, 5.41) is 0. The maximum atomic E-state index is 11.0. The van der Waals surface area contributed by atoms with Crippen molar-refractivity contribution < 1.29 is 4.74 Å².